The zero-order chi connectivity index (χ0) is 18.0. The molecular formula is C20H30IN5O. The van der Waals surface area contributed by atoms with Gasteiger partial charge in [-0.15, -0.1) is 24.0 Å². The van der Waals surface area contributed by atoms with Gasteiger partial charge in [0.2, 0.25) is 5.88 Å². The summed E-state index contributed by atoms with van der Waals surface area (Å²) in [6.07, 6.45) is 11.1. The molecule has 0 amide bonds. The molecule has 7 heteroatoms. The van der Waals surface area contributed by atoms with Crippen LogP contribution in [0.3, 0.4) is 0 Å². The van der Waals surface area contributed by atoms with Crippen molar-refractivity contribution < 1.29 is 4.74 Å². The Balaban J connectivity index is 0.00000261. The van der Waals surface area contributed by atoms with E-state index in [9.17, 15) is 0 Å². The van der Waals surface area contributed by atoms with Crippen LogP contribution in [0.15, 0.2) is 47.8 Å². The molecule has 0 unspecified atom stereocenters. The molecule has 0 saturated heterocycles. The predicted molar refractivity (Wildman–Crippen MR) is 120 cm³/mol. The summed E-state index contributed by atoms with van der Waals surface area (Å²) in [6.45, 7) is 5.24. The standard InChI is InChI=1S/C20H29N5O.HI/c1-2-21-20(23-11-14-25-12-5-6-13-25)24-16-17-9-10-22-19(15-17)26-18-7-3-4-8-18;/h5-6,9-10,12-13,15,18H,2-4,7-8,11,14,16H2,1H3,(H2,21,23,24);1H. The number of nitrogens with zero attached hydrogens (tertiary/aromatic N) is 3. The Hall–Kier alpha value is -1.77. The number of aliphatic imine (C=N–C) groups is 1. The molecule has 0 spiro atoms. The van der Waals surface area contributed by atoms with Crippen LogP contribution in [0.25, 0.3) is 0 Å². The summed E-state index contributed by atoms with van der Waals surface area (Å²) in [4.78, 5) is 9.02. The van der Waals surface area contributed by atoms with Crippen LogP contribution in [0, 0.1) is 0 Å². The molecule has 2 aromatic heterocycles. The highest BCUT2D eigenvalue weighted by molar-refractivity contribution is 14.0. The van der Waals surface area contributed by atoms with Crippen molar-refractivity contribution in [1.82, 2.24) is 20.2 Å². The van der Waals surface area contributed by atoms with Gasteiger partial charge >= 0.3 is 0 Å². The van der Waals surface area contributed by atoms with E-state index in [1.54, 1.807) is 0 Å². The molecule has 0 atom stereocenters. The number of guanidine groups is 1. The maximum Gasteiger partial charge on any atom is 0.213 e. The fourth-order valence-corrected chi connectivity index (χ4v) is 3.12. The third-order valence-corrected chi connectivity index (χ3v) is 4.48. The Morgan fingerprint density at radius 3 is 2.78 bits per heavy atom. The van der Waals surface area contributed by atoms with Gasteiger partial charge in [0.25, 0.3) is 0 Å². The molecule has 1 saturated carbocycles. The normalized spacial score (nSPS) is 14.6. The SMILES string of the molecule is CCNC(=NCc1ccnc(OC2CCCC2)c1)NCCn1cccc1.I. The van der Waals surface area contributed by atoms with Crippen molar-refractivity contribution in [2.24, 2.45) is 4.99 Å². The van der Waals surface area contributed by atoms with Crippen LogP contribution in [-0.2, 0) is 13.1 Å². The third-order valence-electron chi connectivity index (χ3n) is 4.48. The van der Waals surface area contributed by atoms with Gasteiger partial charge in [-0.25, -0.2) is 9.98 Å². The summed E-state index contributed by atoms with van der Waals surface area (Å²) in [5.41, 5.74) is 1.11. The largest absolute Gasteiger partial charge is 0.474 e. The molecule has 2 N–H and O–H groups in total. The number of rotatable bonds is 8. The van der Waals surface area contributed by atoms with E-state index in [1.807, 2.05) is 30.5 Å². The van der Waals surface area contributed by atoms with Gasteiger partial charge in [0.05, 0.1) is 6.54 Å². The lowest BCUT2D eigenvalue weighted by Crippen LogP contribution is -2.38. The molecule has 6 nitrogen and oxygen atoms in total. The minimum Gasteiger partial charge on any atom is -0.474 e. The van der Waals surface area contributed by atoms with Gasteiger partial charge in [0.1, 0.15) is 6.10 Å². The average Bonchev–Trinajstić information content (AvgIpc) is 3.34. The summed E-state index contributed by atoms with van der Waals surface area (Å²) < 4.78 is 8.13. The maximum atomic E-state index is 5.98. The van der Waals surface area contributed by atoms with Crippen molar-refractivity contribution in [3.05, 3.63) is 48.4 Å². The first kappa shape index (κ1) is 21.5. The van der Waals surface area contributed by atoms with E-state index in [1.165, 1.54) is 12.8 Å². The molecule has 0 aliphatic heterocycles. The van der Waals surface area contributed by atoms with E-state index in [0.717, 1.165) is 49.9 Å². The highest BCUT2D eigenvalue weighted by Crippen LogP contribution is 2.23. The molecule has 148 valence electrons. The van der Waals surface area contributed by atoms with E-state index >= 15 is 0 Å². The molecule has 0 bridgehead atoms. The van der Waals surface area contributed by atoms with Gasteiger partial charge in [-0.2, -0.15) is 0 Å². The van der Waals surface area contributed by atoms with Gasteiger partial charge in [-0.1, -0.05) is 0 Å². The minimum absolute atomic E-state index is 0. The first-order valence-electron chi connectivity index (χ1n) is 9.58. The Morgan fingerprint density at radius 2 is 2.04 bits per heavy atom. The topological polar surface area (TPSA) is 63.5 Å². The van der Waals surface area contributed by atoms with Crippen molar-refractivity contribution in [3.63, 3.8) is 0 Å². The molecule has 1 fully saturated rings. The van der Waals surface area contributed by atoms with Crippen LogP contribution >= 0.6 is 24.0 Å². The lowest BCUT2D eigenvalue weighted by molar-refractivity contribution is 0.201. The molecule has 27 heavy (non-hydrogen) atoms. The van der Waals surface area contributed by atoms with E-state index in [-0.39, 0.29) is 24.0 Å². The van der Waals surface area contributed by atoms with Crippen LogP contribution in [0.1, 0.15) is 38.2 Å². The van der Waals surface area contributed by atoms with Crippen molar-refractivity contribution in [2.75, 3.05) is 13.1 Å². The molecule has 2 heterocycles. The monoisotopic (exact) mass is 483 g/mol. The first-order chi connectivity index (χ1) is 12.8. The zero-order valence-electron chi connectivity index (χ0n) is 15.9. The van der Waals surface area contributed by atoms with E-state index in [4.69, 9.17) is 4.74 Å². The maximum absolute atomic E-state index is 5.98. The van der Waals surface area contributed by atoms with Crippen LogP contribution in [0.5, 0.6) is 5.88 Å². The van der Waals surface area contributed by atoms with E-state index in [2.05, 4.69) is 44.5 Å². The van der Waals surface area contributed by atoms with Crippen LogP contribution in [-0.4, -0.2) is 34.7 Å². The molecule has 1 aliphatic rings. The first-order valence-corrected chi connectivity index (χ1v) is 9.58. The second-order valence-electron chi connectivity index (χ2n) is 6.57. The Morgan fingerprint density at radius 1 is 1.26 bits per heavy atom. The lowest BCUT2D eigenvalue weighted by atomic mass is 10.2. The van der Waals surface area contributed by atoms with Crippen molar-refractivity contribution in [1.29, 1.82) is 0 Å². The van der Waals surface area contributed by atoms with Crippen LogP contribution < -0.4 is 15.4 Å². The predicted octanol–water partition coefficient (Wildman–Crippen LogP) is 3.58. The van der Waals surface area contributed by atoms with Gasteiger partial charge in [0, 0.05) is 44.3 Å². The highest BCUT2D eigenvalue weighted by atomic mass is 127. The van der Waals surface area contributed by atoms with E-state index in [0.29, 0.717) is 12.6 Å². The van der Waals surface area contributed by atoms with Crippen molar-refractivity contribution in [2.45, 2.75) is 51.8 Å². The molecule has 0 radical (unpaired) electrons. The zero-order valence-corrected chi connectivity index (χ0v) is 18.3. The van der Waals surface area contributed by atoms with Crippen LogP contribution in [0.2, 0.25) is 0 Å². The number of ether oxygens (including phenoxy) is 1. The summed E-state index contributed by atoms with van der Waals surface area (Å²) >= 11 is 0. The summed E-state index contributed by atoms with van der Waals surface area (Å²) in [5, 5.41) is 6.66. The average molecular weight is 483 g/mol. The molecule has 0 aromatic carbocycles. The Kier molecular flexibility index (Phi) is 9.44. The lowest BCUT2D eigenvalue weighted by Gasteiger charge is -2.13. The second kappa shape index (κ2) is 11.8. The number of aromatic nitrogens is 2. The minimum atomic E-state index is 0. The smallest absolute Gasteiger partial charge is 0.213 e. The van der Waals surface area contributed by atoms with Crippen molar-refractivity contribution in [3.8, 4) is 5.88 Å². The summed E-state index contributed by atoms with van der Waals surface area (Å²) in [5.74, 6) is 1.55. The molecule has 1 aliphatic carbocycles. The molecule has 3 rings (SSSR count). The number of hydrogen-bond acceptors (Lipinski definition) is 3. The fourth-order valence-electron chi connectivity index (χ4n) is 3.12. The number of hydrogen-bond donors (Lipinski definition) is 2. The van der Waals surface area contributed by atoms with Gasteiger partial charge in [0.15, 0.2) is 5.96 Å². The number of pyridine rings is 1. The van der Waals surface area contributed by atoms with Crippen molar-refractivity contribution >= 4 is 29.9 Å². The fraction of sp³-hybridized carbons (Fsp3) is 0.500. The van der Waals surface area contributed by atoms with Crippen LogP contribution in [0.4, 0.5) is 0 Å². The Labute approximate surface area is 178 Å². The van der Waals surface area contributed by atoms with Gasteiger partial charge < -0.3 is 19.9 Å². The summed E-state index contributed by atoms with van der Waals surface area (Å²) in [7, 11) is 0. The van der Waals surface area contributed by atoms with E-state index < -0.39 is 0 Å². The quantitative estimate of drug-likeness (QED) is 0.343. The molecular weight excluding hydrogens is 453 g/mol. The van der Waals surface area contributed by atoms with Gasteiger partial charge in [-0.05, 0) is 56.4 Å². The highest BCUT2D eigenvalue weighted by Gasteiger charge is 2.16. The number of halogens is 1. The summed E-state index contributed by atoms with van der Waals surface area (Å²) in [6, 6.07) is 8.07. The van der Waals surface area contributed by atoms with Gasteiger partial charge in [-0.3, -0.25) is 0 Å². The Bertz CT molecular complexity index is 683. The third kappa shape index (κ3) is 7.40. The number of nitrogens with one attached hydrogen (secondary N) is 2. The second-order valence-corrected chi connectivity index (χ2v) is 6.57. The molecule has 2 aromatic rings.